The van der Waals surface area contributed by atoms with Gasteiger partial charge in [-0.25, -0.2) is 4.79 Å². The number of rotatable bonds is 2. The van der Waals surface area contributed by atoms with Crippen molar-refractivity contribution in [2.75, 3.05) is 0 Å². The molecule has 2 nitrogen and oxygen atoms in total. The molecule has 0 spiro atoms. The van der Waals surface area contributed by atoms with Gasteiger partial charge in [0.05, 0.1) is 0 Å². The standard InChI is InChI=1S/C11H16O2/c12-10(13)4-7-11-5-1-2-9(8-11)3-6-11/h4,7,9H,1-3,5-6,8H2,(H,12,13). The molecule has 13 heavy (non-hydrogen) atoms. The van der Waals surface area contributed by atoms with Crippen LogP contribution in [-0.4, -0.2) is 11.1 Å². The number of hydrogen-bond donors (Lipinski definition) is 1. The van der Waals surface area contributed by atoms with Crippen molar-refractivity contribution in [1.29, 1.82) is 0 Å². The molecular formula is C11H16O2. The lowest BCUT2D eigenvalue weighted by atomic mass is 9.75. The zero-order chi connectivity index (χ0) is 9.31. The van der Waals surface area contributed by atoms with E-state index in [1.807, 2.05) is 6.08 Å². The normalized spacial score (nSPS) is 38.3. The predicted molar refractivity (Wildman–Crippen MR) is 50.4 cm³/mol. The summed E-state index contributed by atoms with van der Waals surface area (Å²) in [4.78, 5) is 10.4. The molecule has 2 rings (SSSR count). The van der Waals surface area contributed by atoms with E-state index in [9.17, 15) is 4.79 Å². The van der Waals surface area contributed by atoms with Crippen LogP contribution >= 0.6 is 0 Å². The van der Waals surface area contributed by atoms with E-state index in [0.29, 0.717) is 0 Å². The monoisotopic (exact) mass is 180 g/mol. The zero-order valence-electron chi connectivity index (χ0n) is 7.83. The first kappa shape index (κ1) is 8.79. The summed E-state index contributed by atoms with van der Waals surface area (Å²) < 4.78 is 0. The van der Waals surface area contributed by atoms with Gasteiger partial charge in [0.2, 0.25) is 0 Å². The quantitative estimate of drug-likeness (QED) is 0.663. The molecule has 0 saturated heterocycles. The van der Waals surface area contributed by atoms with Gasteiger partial charge < -0.3 is 5.11 Å². The lowest BCUT2D eigenvalue weighted by Crippen LogP contribution is -2.18. The van der Waals surface area contributed by atoms with Gasteiger partial charge in [-0.1, -0.05) is 18.9 Å². The van der Waals surface area contributed by atoms with Crippen LogP contribution in [0.2, 0.25) is 0 Å². The molecule has 2 unspecified atom stereocenters. The SMILES string of the molecule is O=C(O)C=CC12CCCC(CC1)C2. The van der Waals surface area contributed by atoms with Crippen LogP contribution in [0, 0.1) is 11.3 Å². The van der Waals surface area contributed by atoms with Crippen LogP contribution in [0.4, 0.5) is 0 Å². The maximum atomic E-state index is 10.4. The Morgan fingerprint density at radius 2 is 2.23 bits per heavy atom. The molecule has 2 bridgehead atoms. The minimum atomic E-state index is -0.802. The third kappa shape index (κ3) is 1.77. The minimum Gasteiger partial charge on any atom is -0.478 e. The van der Waals surface area contributed by atoms with Gasteiger partial charge in [0.1, 0.15) is 0 Å². The molecule has 2 fully saturated rings. The van der Waals surface area contributed by atoms with Crippen molar-refractivity contribution >= 4 is 5.97 Å². The van der Waals surface area contributed by atoms with Crippen molar-refractivity contribution in [2.24, 2.45) is 11.3 Å². The second kappa shape index (κ2) is 3.17. The van der Waals surface area contributed by atoms with Crippen LogP contribution < -0.4 is 0 Å². The molecule has 0 aliphatic heterocycles. The summed E-state index contributed by atoms with van der Waals surface area (Å²) in [5.41, 5.74) is 0.265. The number of carboxylic acid groups (broad SMARTS) is 1. The molecule has 0 aromatic carbocycles. The Morgan fingerprint density at radius 1 is 1.38 bits per heavy atom. The number of carboxylic acids is 1. The molecule has 0 aromatic rings. The van der Waals surface area contributed by atoms with Crippen LogP contribution in [0.15, 0.2) is 12.2 Å². The Kier molecular flexibility index (Phi) is 2.14. The molecule has 2 aliphatic carbocycles. The molecule has 0 amide bonds. The maximum absolute atomic E-state index is 10.4. The van der Waals surface area contributed by atoms with Gasteiger partial charge in [0, 0.05) is 6.08 Å². The topological polar surface area (TPSA) is 37.3 Å². The number of fused-ring (bicyclic) bond motifs is 2. The average Bonchev–Trinajstić information content (AvgIpc) is 2.40. The zero-order valence-corrected chi connectivity index (χ0v) is 7.83. The fourth-order valence-electron chi connectivity index (χ4n) is 2.97. The molecule has 2 saturated carbocycles. The first-order valence-corrected chi connectivity index (χ1v) is 5.12. The maximum Gasteiger partial charge on any atom is 0.327 e. The van der Waals surface area contributed by atoms with Crippen LogP contribution in [-0.2, 0) is 4.79 Å². The first-order valence-electron chi connectivity index (χ1n) is 5.12. The van der Waals surface area contributed by atoms with Crippen molar-refractivity contribution in [1.82, 2.24) is 0 Å². The van der Waals surface area contributed by atoms with E-state index in [-0.39, 0.29) is 5.41 Å². The van der Waals surface area contributed by atoms with E-state index >= 15 is 0 Å². The fraction of sp³-hybridized carbons (Fsp3) is 0.727. The van der Waals surface area contributed by atoms with Crippen molar-refractivity contribution < 1.29 is 9.90 Å². The van der Waals surface area contributed by atoms with E-state index < -0.39 is 5.97 Å². The minimum absolute atomic E-state index is 0.265. The van der Waals surface area contributed by atoms with Crippen LogP contribution in [0.25, 0.3) is 0 Å². The summed E-state index contributed by atoms with van der Waals surface area (Å²) in [6.07, 6.45) is 10.9. The molecule has 1 N–H and O–H groups in total. The highest BCUT2D eigenvalue weighted by Gasteiger charge is 2.39. The van der Waals surface area contributed by atoms with E-state index in [4.69, 9.17) is 5.11 Å². The molecule has 2 atom stereocenters. The van der Waals surface area contributed by atoms with Crippen molar-refractivity contribution in [2.45, 2.75) is 38.5 Å². The molecule has 0 aromatic heterocycles. The van der Waals surface area contributed by atoms with Crippen molar-refractivity contribution in [3.05, 3.63) is 12.2 Å². The van der Waals surface area contributed by atoms with Crippen LogP contribution in [0.5, 0.6) is 0 Å². The molecule has 0 heterocycles. The molecule has 72 valence electrons. The van der Waals surface area contributed by atoms with Crippen LogP contribution in [0.1, 0.15) is 38.5 Å². The third-order valence-electron chi connectivity index (χ3n) is 3.61. The van der Waals surface area contributed by atoms with Crippen molar-refractivity contribution in [3.8, 4) is 0 Å². The average molecular weight is 180 g/mol. The summed E-state index contributed by atoms with van der Waals surface area (Å²) in [6.45, 7) is 0. The summed E-state index contributed by atoms with van der Waals surface area (Å²) >= 11 is 0. The summed E-state index contributed by atoms with van der Waals surface area (Å²) in [6, 6.07) is 0. The Bertz CT molecular complexity index is 240. The van der Waals surface area contributed by atoms with Gasteiger partial charge in [0.25, 0.3) is 0 Å². The van der Waals surface area contributed by atoms with E-state index in [0.717, 1.165) is 5.92 Å². The number of allylic oxidation sites excluding steroid dienone is 1. The molecule has 2 heteroatoms. The Hall–Kier alpha value is -0.790. The highest BCUT2D eigenvalue weighted by atomic mass is 16.4. The Morgan fingerprint density at radius 3 is 3.00 bits per heavy atom. The van der Waals surface area contributed by atoms with Gasteiger partial charge in [-0.2, -0.15) is 0 Å². The second-order valence-corrected chi connectivity index (χ2v) is 4.53. The van der Waals surface area contributed by atoms with E-state index in [2.05, 4.69) is 0 Å². The van der Waals surface area contributed by atoms with Gasteiger partial charge in [0.15, 0.2) is 0 Å². The first-order chi connectivity index (χ1) is 6.20. The van der Waals surface area contributed by atoms with E-state index in [1.165, 1.54) is 44.6 Å². The highest BCUT2D eigenvalue weighted by Crippen LogP contribution is 2.52. The second-order valence-electron chi connectivity index (χ2n) is 4.53. The summed E-state index contributed by atoms with van der Waals surface area (Å²) in [5, 5.41) is 8.58. The molecular weight excluding hydrogens is 164 g/mol. The Balaban J connectivity index is 2.07. The van der Waals surface area contributed by atoms with Crippen molar-refractivity contribution in [3.63, 3.8) is 0 Å². The number of aliphatic carboxylic acids is 1. The van der Waals surface area contributed by atoms with Gasteiger partial charge in [-0.05, 0) is 37.0 Å². The highest BCUT2D eigenvalue weighted by molar-refractivity contribution is 5.79. The lowest BCUT2D eigenvalue weighted by Gasteiger charge is -2.29. The summed E-state index contributed by atoms with van der Waals surface area (Å²) in [5.74, 6) is 0.0793. The van der Waals surface area contributed by atoms with Gasteiger partial charge in [-0.3, -0.25) is 0 Å². The number of hydrogen-bond acceptors (Lipinski definition) is 1. The number of carbonyl (C=O) groups is 1. The van der Waals surface area contributed by atoms with Gasteiger partial charge >= 0.3 is 5.97 Å². The fourth-order valence-corrected chi connectivity index (χ4v) is 2.97. The van der Waals surface area contributed by atoms with Crippen LogP contribution in [0.3, 0.4) is 0 Å². The lowest BCUT2D eigenvalue weighted by molar-refractivity contribution is -0.131. The molecule has 2 aliphatic rings. The smallest absolute Gasteiger partial charge is 0.327 e. The Labute approximate surface area is 78.6 Å². The third-order valence-corrected chi connectivity index (χ3v) is 3.61. The summed E-state index contributed by atoms with van der Waals surface area (Å²) in [7, 11) is 0. The van der Waals surface area contributed by atoms with Gasteiger partial charge in [-0.15, -0.1) is 0 Å². The largest absolute Gasteiger partial charge is 0.478 e. The van der Waals surface area contributed by atoms with E-state index in [1.54, 1.807) is 0 Å². The predicted octanol–water partition coefficient (Wildman–Crippen LogP) is 2.60. The molecule has 0 radical (unpaired) electrons.